The average molecular weight is 604 g/mol. The van der Waals surface area contributed by atoms with Crippen LogP contribution in [0.3, 0.4) is 0 Å². The number of carbonyl (C=O) groups is 4. The largest absolute Gasteiger partial charge is 0.378 e. The predicted octanol–water partition coefficient (Wildman–Crippen LogP) is 1.78. The molecule has 0 spiro atoms. The standard InChI is InChI=1S/C29H35F2N5O5S/c1-29(30,31)19-2-5-23-17(12-19)13-24(42-23)25(37)33-21-14-32-7-6-20-3-4-22(36(20)27(21)39)28(40)35-15-18(16-35)26(38)34-8-10-41-11-9-34/h2,5,12-13,18,20-22,32H,3-4,6-11,14-16H2,1H3,(H,33,37)/t20-,21?,22+/m1/s1. The molecule has 4 amide bonds. The Morgan fingerprint density at radius 2 is 1.81 bits per heavy atom. The summed E-state index contributed by atoms with van der Waals surface area (Å²) in [5.41, 5.74) is -0.131. The van der Waals surface area contributed by atoms with Crippen LogP contribution in [0.5, 0.6) is 0 Å². The normalized spacial score (nSPS) is 25.5. The van der Waals surface area contributed by atoms with E-state index in [1.807, 2.05) is 0 Å². The van der Waals surface area contributed by atoms with Gasteiger partial charge in [-0.1, -0.05) is 6.07 Å². The van der Waals surface area contributed by atoms with Gasteiger partial charge in [-0.3, -0.25) is 19.2 Å². The third-order valence-electron chi connectivity index (χ3n) is 8.76. The van der Waals surface area contributed by atoms with Gasteiger partial charge in [0.15, 0.2) is 0 Å². The van der Waals surface area contributed by atoms with Crippen molar-refractivity contribution in [2.75, 3.05) is 52.5 Å². The van der Waals surface area contributed by atoms with E-state index < -0.39 is 23.9 Å². The number of morpholine rings is 1. The smallest absolute Gasteiger partial charge is 0.270 e. The maximum absolute atomic E-state index is 13.8. The summed E-state index contributed by atoms with van der Waals surface area (Å²) in [6.45, 7) is 4.55. The molecular formula is C29H35F2N5O5S. The Morgan fingerprint density at radius 3 is 2.55 bits per heavy atom. The third kappa shape index (κ3) is 5.61. The molecule has 2 aromatic rings. The number of ether oxygens (including phenoxy) is 1. The number of nitrogens with one attached hydrogen (secondary N) is 2. The van der Waals surface area contributed by atoms with E-state index in [9.17, 15) is 28.0 Å². The molecule has 0 saturated carbocycles. The Bertz CT molecular complexity index is 1380. The third-order valence-corrected chi connectivity index (χ3v) is 9.88. The zero-order valence-electron chi connectivity index (χ0n) is 23.4. The number of benzene rings is 1. The second-order valence-electron chi connectivity index (χ2n) is 11.6. The molecular weight excluding hydrogens is 568 g/mol. The summed E-state index contributed by atoms with van der Waals surface area (Å²) in [4.78, 5) is 58.9. The molecule has 6 rings (SSSR count). The molecule has 0 aliphatic carbocycles. The van der Waals surface area contributed by atoms with Gasteiger partial charge in [0, 0.05) is 56.0 Å². The zero-order valence-corrected chi connectivity index (χ0v) is 24.3. The van der Waals surface area contributed by atoms with Gasteiger partial charge in [-0.2, -0.15) is 0 Å². The van der Waals surface area contributed by atoms with Crippen LogP contribution in [0.15, 0.2) is 24.3 Å². The van der Waals surface area contributed by atoms with Gasteiger partial charge < -0.3 is 30.1 Å². The zero-order chi connectivity index (χ0) is 29.6. The first kappa shape index (κ1) is 28.9. The highest BCUT2D eigenvalue weighted by Crippen LogP contribution is 2.34. The lowest BCUT2D eigenvalue weighted by Crippen LogP contribution is -2.63. The summed E-state index contributed by atoms with van der Waals surface area (Å²) in [6, 6.07) is 4.24. The van der Waals surface area contributed by atoms with Crippen molar-refractivity contribution in [1.29, 1.82) is 0 Å². The number of amides is 4. The van der Waals surface area contributed by atoms with Crippen molar-refractivity contribution in [3.8, 4) is 0 Å². The van der Waals surface area contributed by atoms with E-state index in [0.717, 1.165) is 6.92 Å². The number of fused-ring (bicyclic) bond motifs is 2. The summed E-state index contributed by atoms with van der Waals surface area (Å²) in [5, 5.41) is 6.61. The fraction of sp³-hybridized carbons (Fsp3) is 0.586. The monoisotopic (exact) mass is 603 g/mol. The number of alkyl halides is 2. The molecule has 10 nitrogen and oxygen atoms in total. The molecule has 4 fully saturated rings. The van der Waals surface area contributed by atoms with Crippen molar-refractivity contribution in [3.63, 3.8) is 0 Å². The van der Waals surface area contributed by atoms with Crippen LogP contribution >= 0.6 is 11.3 Å². The quantitative estimate of drug-likeness (QED) is 0.539. The molecule has 13 heteroatoms. The summed E-state index contributed by atoms with van der Waals surface area (Å²) in [5.74, 6) is -4.11. The Balaban J connectivity index is 1.12. The van der Waals surface area contributed by atoms with Crippen molar-refractivity contribution in [2.24, 2.45) is 5.92 Å². The maximum Gasteiger partial charge on any atom is 0.270 e. The van der Waals surface area contributed by atoms with E-state index in [4.69, 9.17) is 4.74 Å². The van der Waals surface area contributed by atoms with Crippen LogP contribution in [0.1, 0.15) is 41.4 Å². The minimum Gasteiger partial charge on any atom is -0.378 e. The molecule has 4 aliphatic heterocycles. The molecule has 0 radical (unpaired) electrons. The highest BCUT2D eigenvalue weighted by Gasteiger charge is 2.48. The van der Waals surface area contributed by atoms with Gasteiger partial charge in [0.25, 0.3) is 11.8 Å². The van der Waals surface area contributed by atoms with Gasteiger partial charge in [-0.05, 0) is 49.4 Å². The molecule has 0 bridgehead atoms. The van der Waals surface area contributed by atoms with E-state index in [2.05, 4.69) is 10.6 Å². The van der Waals surface area contributed by atoms with Gasteiger partial charge in [0.2, 0.25) is 17.7 Å². The fourth-order valence-corrected chi connectivity index (χ4v) is 7.31. The van der Waals surface area contributed by atoms with Crippen LogP contribution in [-0.2, 0) is 25.0 Å². The molecule has 1 aromatic heterocycles. The van der Waals surface area contributed by atoms with Gasteiger partial charge in [-0.25, -0.2) is 8.78 Å². The van der Waals surface area contributed by atoms with Crippen LogP contribution in [0.25, 0.3) is 10.1 Å². The Labute approximate surface area is 246 Å². The van der Waals surface area contributed by atoms with E-state index in [0.29, 0.717) is 80.2 Å². The van der Waals surface area contributed by atoms with Crippen molar-refractivity contribution in [1.82, 2.24) is 25.3 Å². The molecule has 4 saturated heterocycles. The summed E-state index contributed by atoms with van der Waals surface area (Å²) in [7, 11) is 0. The second kappa shape index (κ2) is 11.5. The summed E-state index contributed by atoms with van der Waals surface area (Å²) >= 11 is 1.17. The molecule has 5 heterocycles. The number of halogens is 2. The number of likely N-dealkylation sites (tertiary alicyclic amines) is 1. The molecule has 1 unspecified atom stereocenters. The number of carbonyl (C=O) groups excluding carboxylic acids is 4. The van der Waals surface area contributed by atoms with Gasteiger partial charge in [0.1, 0.15) is 12.1 Å². The van der Waals surface area contributed by atoms with E-state index in [-0.39, 0.29) is 41.8 Å². The fourth-order valence-electron chi connectivity index (χ4n) is 6.36. The molecule has 4 aliphatic rings. The van der Waals surface area contributed by atoms with Gasteiger partial charge >= 0.3 is 0 Å². The molecule has 226 valence electrons. The van der Waals surface area contributed by atoms with E-state index in [1.54, 1.807) is 26.8 Å². The lowest BCUT2D eigenvalue weighted by Gasteiger charge is -2.44. The van der Waals surface area contributed by atoms with Crippen LogP contribution in [0, 0.1) is 5.92 Å². The lowest BCUT2D eigenvalue weighted by atomic mass is 9.96. The molecule has 42 heavy (non-hydrogen) atoms. The molecule has 3 atom stereocenters. The van der Waals surface area contributed by atoms with Crippen LogP contribution < -0.4 is 10.6 Å². The maximum atomic E-state index is 13.8. The van der Waals surface area contributed by atoms with Crippen LogP contribution in [-0.4, -0.2) is 109 Å². The number of hydrogen-bond donors (Lipinski definition) is 2. The highest BCUT2D eigenvalue weighted by molar-refractivity contribution is 7.20. The second-order valence-corrected chi connectivity index (χ2v) is 12.7. The predicted molar refractivity (Wildman–Crippen MR) is 151 cm³/mol. The molecule has 1 aromatic carbocycles. The SMILES string of the molecule is CC(F)(F)c1ccc2sc(C(=O)NC3CNCC[C@H]4CC[C@@H](C(=O)N5CC(C(=O)N6CCOCC6)C5)N4C3=O)cc2c1. The minimum absolute atomic E-state index is 0.0451. The Kier molecular flexibility index (Phi) is 7.92. The topological polar surface area (TPSA) is 111 Å². The van der Waals surface area contributed by atoms with E-state index >= 15 is 0 Å². The minimum atomic E-state index is -3.00. The Hall–Kier alpha value is -3.16. The van der Waals surface area contributed by atoms with Crippen LogP contribution in [0.2, 0.25) is 0 Å². The average Bonchev–Trinajstić information content (AvgIpc) is 3.56. The first-order valence-corrected chi connectivity index (χ1v) is 15.3. The number of nitrogens with zero attached hydrogens (tertiary/aromatic N) is 3. The molecule has 2 N–H and O–H groups in total. The van der Waals surface area contributed by atoms with Crippen LogP contribution in [0.4, 0.5) is 8.78 Å². The number of thiophene rings is 1. The van der Waals surface area contributed by atoms with Crippen molar-refractivity contribution in [2.45, 2.75) is 50.2 Å². The van der Waals surface area contributed by atoms with Crippen molar-refractivity contribution < 1.29 is 32.7 Å². The van der Waals surface area contributed by atoms with Crippen molar-refractivity contribution in [3.05, 3.63) is 34.7 Å². The van der Waals surface area contributed by atoms with Gasteiger partial charge in [-0.15, -0.1) is 11.3 Å². The summed E-state index contributed by atoms with van der Waals surface area (Å²) in [6.07, 6.45) is 1.93. The number of rotatable bonds is 5. The number of hydrogen-bond acceptors (Lipinski definition) is 7. The lowest BCUT2D eigenvalue weighted by molar-refractivity contribution is -0.156. The first-order valence-electron chi connectivity index (χ1n) is 14.5. The Morgan fingerprint density at radius 1 is 1.05 bits per heavy atom. The first-order chi connectivity index (χ1) is 20.1. The van der Waals surface area contributed by atoms with Gasteiger partial charge in [0.05, 0.1) is 24.0 Å². The van der Waals surface area contributed by atoms with E-state index in [1.165, 1.54) is 23.5 Å². The highest BCUT2D eigenvalue weighted by atomic mass is 32.1. The summed E-state index contributed by atoms with van der Waals surface area (Å²) < 4.78 is 33.6. The van der Waals surface area contributed by atoms with Crippen molar-refractivity contribution >= 4 is 45.1 Å².